The maximum atomic E-state index is 14.1. The number of nitrogens with one attached hydrogen (secondary N) is 1. The van der Waals surface area contributed by atoms with E-state index in [0.717, 1.165) is 16.4 Å². The summed E-state index contributed by atoms with van der Waals surface area (Å²) in [7, 11) is -2.98. The van der Waals surface area contributed by atoms with Gasteiger partial charge in [-0.2, -0.15) is 0 Å². The molecule has 0 aliphatic heterocycles. The van der Waals surface area contributed by atoms with Gasteiger partial charge in [0.1, 0.15) is 28.8 Å². The molecule has 0 fully saturated rings. The van der Waals surface area contributed by atoms with Crippen molar-refractivity contribution in [1.29, 1.82) is 0 Å². The predicted molar refractivity (Wildman–Crippen MR) is 121 cm³/mol. The maximum absolute atomic E-state index is 14.1. The molecule has 32 heavy (non-hydrogen) atoms. The first-order valence-corrected chi connectivity index (χ1v) is 11.5. The van der Waals surface area contributed by atoms with E-state index < -0.39 is 34.1 Å². The van der Waals surface area contributed by atoms with Crippen LogP contribution in [0.2, 0.25) is 0 Å². The molecule has 0 radical (unpaired) electrons. The smallest absolute Gasteiger partial charge is 0.268 e. The minimum absolute atomic E-state index is 0.0568. The molecule has 0 unspecified atom stereocenters. The van der Waals surface area contributed by atoms with Crippen LogP contribution in [0.1, 0.15) is 5.56 Å². The summed E-state index contributed by atoms with van der Waals surface area (Å²) in [6.45, 7) is 1.03. The number of aryl methyl sites for hydroxylation is 1. The number of benzene rings is 3. The molecule has 0 aromatic heterocycles. The molecule has 3 aromatic carbocycles. The van der Waals surface area contributed by atoms with Crippen LogP contribution in [0.15, 0.2) is 70.0 Å². The molecule has 10 heteroatoms. The van der Waals surface area contributed by atoms with Crippen LogP contribution >= 0.6 is 15.9 Å². The minimum atomic E-state index is -4.31. The van der Waals surface area contributed by atoms with Crippen LogP contribution < -0.4 is 14.4 Å². The average Bonchev–Trinajstić information content (AvgIpc) is 2.74. The van der Waals surface area contributed by atoms with E-state index in [1.54, 1.807) is 13.0 Å². The van der Waals surface area contributed by atoms with Crippen LogP contribution in [-0.4, -0.2) is 28.0 Å². The lowest BCUT2D eigenvalue weighted by Crippen LogP contribution is -2.38. The Labute approximate surface area is 193 Å². The van der Waals surface area contributed by atoms with Crippen molar-refractivity contribution in [1.82, 2.24) is 0 Å². The summed E-state index contributed by atoms with van der Waals surface area (Å²) in [5.41, 5.74) is 0.606. The van der Waals surface area contributed by atoms with Crippen molar-refractivity contribution < 1.29 is 26.7 Å². The topological polar surface area (TPSA) is 75.7 Å². The van der Waals surface area contributed by atoms with Gasteiger partial charge in [0.15, 0.2) is 0 Å². The van der Waals surface area contributed by atoms with Crippen LogP contribution in [0.3, 0.4) is 0 Å². The first-order chi connectivity index (χ1) is 15.1. The van der Waals surface area contributed by atoms with Crippen molar-refractivity contribution in [2.45, 2.75) is 11.8 Å². The summed E-state index contributed by atoms with van der Waals surface area (Å²) in [4.78, 5) is 12.5. The Balaban J connectivity index is 2.02. The van der Waals surface area contributed by atoms with E-state index in [9.17, 15) is 22.0 Å². The highest BCUT2D eigenvalue weighted by molar-refractivity contribution is 9.10. The number of hydrogen-bond acceptors (Lipinski definition) is 4. The van der Waals surface area contributed by atoms with Gasteiger partial charge in [0.25, 0.3) is 10.0 Å². The number of carbonyl (C=O) groups excluding carboxylic acids is 1. The SMILES string of the molecule is COc1ccc(C)cc1S(=O)(=O)N(CC(=O)Nc1ccc(Br)cc1F)c1ccc(F)cc1. The number of anilines is 2. The Kier molecular flexibility index (Phi) is 7.15. The number of halogens is 3. The standard InChI is InChI=1S/C22H19BrF2N2O4S/c1-14-3-10-20(31-2)21(11-14)32(29,30)27(17-7-5-16(24)6-8-17)13-22(28)26-19-9-4-15(23)12-18(19)25/h3-12H,13H2,1-2H3,(H,26,28). The van der Waals surface area contributed by atoms with Crippen LogP contribution in [0, 0.1) is 18.6 Å². The summed E-state index contributed by atoms with van der Waals surface area (Å²) in [6, 6.07) is 13.3. The fourth-order valence-corrected chi connectivity index (χ4v) is 4.94. The second-order valence-electron chi connectivity index (χ2n) is 6.81. The lowest BCUT2D eigenvalue weighted by molar-refractivity contribution is -0.114. The van der Waals surface area contributed by atoms with Crippen molar-refractivity contribution in [2.75, 3.05) is 23.3 Å². The van der Waals surface area contributed by atoms with E-state index in [4.69, 9.17) is 4.74 Å². The van der Waals surface area contributed by atoms with Crippen molar-refractivity contribution in [3.05, 3.63) is 82.3 Å². The number of carbonyl (C=O) groups is 1. The minimum Gasteiger partial charge on any atom is -0.495 e. The lowest BCUT2D eigenvalue weighted by atomic mass is 10.2. The quantitative estimate of drug-likeness (QED) is 0.478. The zero-order valence-electron chi connectivity index (χ0n) is 17.1. The maximum Gasteiger partial charge on any atom is 0.268 e. The number of amides is 1. The van der Waals surface area contributed by atoms with E-state index in [0.29, 0.717) is 10.0 Å². The first-order valence-electron chi connectivity index (χ1n) is 9.29. The second-order valence-corrected chi connectivity index (χ2v) is 9.56. The summed E-state index contributed by atoms with van der Waals surface area (Å²) in [5.74, 6) is -1.96. The molecule has 0 atom stereocenters. The molecule has 0 saturated carbocycles. The molecular formula is C22H19BrF2N2O4S. The van der Waals surface area contributed by atoms with Gasteiger partial charge in [-0.15, -0.1) is 0 Å². The molecule has 0 spiro atoms. The molecule has 1 amide bonds. The zero-order chi connectivity index (χ0) is 23.5. The highest BCUT2D eigenvalue weighted by atomic mass is 79.9. The van der Waals surface area contributed by atoms with E-state index >= 15 is 0 Å². The van der Waals surface area contributed by atoms with E-state index in [2.05, 4.69) is 21.2 Å². The number of rotatable bonds is 7. The number of ether oxygens (including phenoxy) is 1. The molecule has 1 N–H and O–H groups in total. The van der Waals surface area contributed by atoms with Crippen LogP contribution in [0.4, 0.5) is 20.2 Å². The highest BCUT2D eigenvalue weighted by Crippen LogP contribution is 2.31. The van der Waals surface area contributed by atoms with E-state index in [-0.39, 0.29) is 22.0 Å². The van der Waals surface area contributed by atoms with Gasteiger partial charge in [-0.25, -0.2) is 17.2 Å². The van der Waals surface area contributed by atoms with Gasteiger partial charge < -0.3 is 10.1 Å². The fourth-order valence-electron chi connectivity index (χ4n) is 2.94. The van der Waals surface area contributed by atoms with Gasteiger partial charge in [-0.3, -0.25) is 9.10 Å². The predicted octanol–water partition coefficient (Wildman–Crippen LogP) is 4.88. The monoisotopic (exact) mass is 524 g/mol. The molecule has 6 nitrogen and oxygen atoms in total. The summed E-state index contributed by atoms with van der Waals surface area (Å²) < 4.78 is 61.2. The van der Waals surface area contributed by atoms with Crippen LogP contribution in [0.5, 0.6) is 5.75 Å². The molecule has 3 rings (SSSR count). The van der Waals surface area contributed by atoms with Crippen molar-refractivity contribution in [3.63, 3.8) is 0 Å². The van der Waals surface area contributed by atoms with Crippen molar-refractivity contribution >= 4 is 43.2 Å². The summed E-state index contributed by atoms with van der Waals surface area (Å²) in [5, 5.41) is 2.37. The zero-order valence-corrected chi connectivity index (χ0v) is 19.5. The highest BCUT2D eigenvalue weighted by Gasteiger charge is 2.30. The largest absolute Gasteiger partial charge is 0.495 e. The van der Waals surface area contributed by atoms with Gasteiger partial charge in [0, 0.05) is 4.47 Å². The Morgan fingerprint density at radius 3 is 2.38 bits per heavy atom. The number of sulfonamides is 1. The molecule has 0 heterocycles. The van der Waals surface area contributed by atoms with E-state index in [1.807, 2.05) is 0 Å². The van der Waals surface area contributed by atoms with E-state index in [1.165, 1.54) is 49.6 Å². The average molecular weight is 525 g/mol. The van der Waals surface area contributed by atoms with Gasteiger partial charge >= 0.3 is 0 Å². The van der Waals surface area contributed by atoms with Crippen molar-refractivity contribution in [2.24, 2.45) is 0 Å². The number of nitrogens with zero attached hydrogens (tertiary/aromatic N) is 1. The molecule has 0 bridgehead atoms. The lowest BCUT2D eigenvalue weighted by Gasteiger charge is -2.25. The fraction of sp³-hybridized carbons (Fsp3) is 0.136. The molecule has 0 aliphatic carbocycles. The Hall–Kier alpha value is -2.98. The Morgan fingerprint density at radius 1 is 1.06 bits per heavy atom. The molecule has 0 saturated heterocycles. The first kappa shape index (κ1) is 23.7. The Morgan fingerprint density at radius 2 is 1.75 bits per heavy atom. The van der Waals surface area contributed by atoms with Gasteiger partial charge in [-0.1, -0.05) is 22.0 Å². The van der Waals surface area contributed by atoms with Crippen LogP contribution in [-0.2, 0) is 14.8 Å². The third-order valence-corrected chi connectivity index (χ3v) is 6.78. The normalized spacial score (nSPS) is 11.2. The Bertz CT molecular complexity index is 1250. The third-order valence-electron chi connectivity index (χ3n) is 4.49. The van der Waals surface area contributed by atoms with Gasteiger partial charge in [-0.05, 0) is 67.1 Å². The van der Waals surface area contributed by atoms with Gasteiger partial charge in [0.2, 0.25) is 5.91 Å². The number of methoxy groups -OCH3 is 1. The molecule has 168 valence electrons. The number of hydrogen-bond donors (Lipinski definition) is 1. The second kappa shape index (κ2) is 9.66. The van der Waals surface area contributed by atoms with Crippen molar-refractivity contribution in [3.8, 4) is 5.75 Å². The van der Waals surface area contributed by atoms with Gasteiger partial charge in [0.05, 0.1) is 18.5 Å². The summed E-state index contributed by atoms with van der Waals surface area (Å²) in [6.07, 6.45) is 0. The third kappa shape index (κ3) is 5.25. The molecule has 0 aliphatic rings. The molecule has 3 aromatic rings. The molecular weight excluding hydrogens is 506 g/mol. The van der Waals surface area contributed by atoms with Crippen LogP contribution in [0.25, 0.3) is 0 Å². The summed E-state index contributed by atoms with van der Waals surface area (Å²) >= 11 is 3.13.